The third-order valence-electron chi connectivity index (χ3n) is 7.20. The summed E-state index contributed by atoms with van der Waals surface area (Å²) in [5.41, 5.74) is 3.16. The number of imidazole rings is 1. The van der Waals surface area contributed by atoms with Crippen LogP contribution >= 0.6 is 0 Å². The molecular weight excluding hydrogens is 464 g/mol. The number of hydrogen-bond donors (Lipinski definition) is 1. The summed E-state index contributed by atoms with van der Waals surface area (Å²) in [7, 11) is 0. The fraction of sp³-hybridized carbons (Fsp3) is 0.370. The van der Waals surface area contributed by atoms with Crippen LogP contribution in [0.25, 0.3) is 11.1 Å². The van der Waals surface area contributed by atoms with Crippen LogP contribution in [0.3, 0.4) is 0 Å². The summed E-state index contributed by atoms with van der Waals surface area (Å²) in [5, 5.41) is 2.76. The number of benzene rings is 2. The number of likely N-dealkylation sites (tertiary alicyclic amines) is 1. The van der Waals surface area contributed by atoms with Crippen molar-refractivity contribution in [3.05, 3.63) is 78.1 Å². The highest BCUT2D eigenvalue weighted by atomic mass is 19.1. The Morgan fingerprint density at radius 3 is 2.67 bits per heavy atom. The number of amides is 2. The molecule has 1 aromatic heterocycles. The standard InChI is InChI=1S/C27H29F2N5O2/c1-18(21-4-2-3-5-22(21)19-6-8-20(28)9-7-19)34-17-30-14-25(34)27(36)33-12-10-24(23(29)15-33)32-13-11-31-26(35)16-32/h2-9,14,17-18,23-24H,10-13,15-16H2,1H3,(H,31,35)/t18-,23-,24+/m0/s1. The average Bonchev–Trinajstić information content (AvgIpc) is 3.38. The molecule has 2 aliphatic rings. The minimum absolute atomic E-state index is 0.0205. The van der Waals surface area contributed by atoms with Crippen molar-refractivity contribution < 1.29 is 18.4 Å². The van der Waals surface area contributed by atoms with E-state index in [1.807, 2.05) is 36.1 Å². The van der Waals surface area contributed by atoms with Gasteiger partial charge >= 0.3 is 0 Å². The molecule has 3 aromatic rings. The molecule has 2 fully saturated rings. The van der Waals surface area contributed by atoms with Gasteiger partial charge in [0, 0.05) is 25.7 Å². The molecule has 0 spiro atoms. The minimum Gasteiger partial charge on any atom is -0.354 e. The Kier molecular flexibility index (Phi) is 6.82. The molecule has 9 heteroatoms. The molecule has 2 aromatic carbocycles. The first-order valence-electron chi connectivity index (χ1n) is 12.2. The Balaban J connectivity index is 1.34. The van der Waals surface area contributed by atoms with E-state index in [1.54, 1.807) is 23.0 Å². The van der Waals surface area contributed by atoms with E-state index in [1.165, 1.54) is 23.2 Å². The van der Waals surface area contributed by atoms with E-state index in [0.29, 0.717) is 31.7 Å². The van der Waals surface area contributed by atoms with E-state index >= 15 is 4.39 Å². The van der Waals surface area contributed by atoms with Gasteiger partial charge in [-0.2, -0.15) is 0 Å². The van der Waals surface area contributed by atoms with E-state index in [2.05, 4.69) is 10.3 Å². The van der Waals surface area contributed by atoms with Crippen LogP contribution in [0.15, 0.2) is 61.1 Å². The van der Waals surface area contributed by atoms with Gasteiger partial charge in [-0.25, -0.2) is 13.8 Å². The van der Waals surface area contributed by atoms with E-state index in [4.69, 9.17) is 0 Å². The lowest BCUT2D eigenvalue weighted by Gasteiger charge is -2.41. The Bertz CT molecular complexity index is 1240. The molecule has 0 saturated carbocycles. The number of carbonyl (C=O) groups is 2. The Labute approximate surface area is 208 Å². The maximum absolute atomic E-state index is 15.2. The topological polar surface area (TPSA) is 70.5 Å². The van der Waals surface area contributed by atoms with Crippen LogP contribution in [0.1, 0.15) is 35.4 Å². The summed E-state index contributed by atoms with van der Waals surface area (Å²) in [5.74, 6) is -0.660. The maximum atomic E-state index is 15.2. The first kappa shape index (κ1) is 24.1. The molecule has 5 rings (SSSR count). The van der Waals surface area contributed by atoms with E-state index in [-0.39, 0.29) is 42.8 Å². The largest absolute Gasteiger partial charge is 0.354 e. The number of hydrogen-bond acceptors (Lipinski definition) is 4. The van der Waals surface area contributed by atoms with E-state index < -0.39 is 6.17 Å². The lowest BCUT2D eigenvalue weighted by molar-refractivity contribution is -0.125. The smallest absolute Gasteiger partial charge is 0.272 e. The summed E-state index contributed by atoms with van der Waals surface area (Å²) >= 11 is 0. The highest BCUT2D eigenvalue weighted by Gasteiger charge is 2.37. The van der Waals surface area contributed by atoms with E-state index in [9.17, 15) is 14.0 Å². The number of aromatic nitrogens is 2. The summed E-state index contributed by atoms with van der Waals surface area (Å²) in [4.78, 5) is 32.9. The summed E-state index contributed by atoms with van der Waals surface area (Å²) < 4.78 is 30.5. The number of rotatable bonds is 5. The van der Waals surface area contributed by atoms with Gasteiger partial charge in [0.05, 0.1) is 31.7 Å². The number of carbonyl (C=O) groups excluding carboxylic acids is 2. The predicted molar refractivity (Wildman–Crippen MR) is 132 cm³/mol. The second-order valence-electron chi connectivity index (χ2n) is 9.40. The van der Waals surface area contributed by atoms with Crippen molar-refractivity contribution in [1.29, 1.82) is 0 Å². The van der Waals surface area contributed by atoms with Crippen molar-refractivity contribution in [1.82, 2.24) is 24.7 Å². The van der Waals surface area contributed by atoms with Crippen LogP contribution in [-0.4, -0.2) is 76.1 Å². The Morgan fingerprint density at radius 2 is 1.92 bits per heavy atom. The highest BCUT2D eigenvalue weighted by Crippen LogP contribution is 2.31. The molecule has 3 heterocycles. The molecule has 2 aliphatic heterocycles. The van der Waals surface area contributed by atoms with Crippen LogP contribution in [0.2, 0.25) is 0 Å². The number of piperazine rings is 1. The summed E-state index contributed by atoms with van der Waals surface area (Å²) in [6.45, 7) is 3.69. The van der Waals surface area contributed by atoms with Crippen LogP contribution in [0.4, 0.5) is 8.78 Å². The zero-order valence-electron chi connectivity index (χ0n) is 20.1. The van der Waals surface area contributed by atoms with Gasteiger partial charge in [-0.05, 0) is 42.2 Å². The van der Waals surface area contributed by atoms with Crippen LogP contribution in [0.5, 0.6) is 0 Å². The van der Waals surface area contributed by atoms with Gasteiger partial charge < -0.3 is 14.8 Å². The zero-order chi connectivity index (χ0) is 25.2. The molecule has 7 nitrogen and oxygen atoms in total. The van der Waals surface area contributed by atoms with Gasteiger partial charge in [0.2, 0.25) is 5.91 Å². The maximum Gasteiger partial charge on any atom is 0.272 e. The van der Waals surface area contributed by atoms with Gasteiger partial charge in [0.1, 0.15) is 17.7 Å². The number of piperidine rings is 1. The highest BCUT2D eigenvalue weighted by molar-refractivity contribution is 5.92. The molecule has 188 valence electrons. The lowest BCUT2D eigenvalue weighted by Crippen LogP contribution is -2.59. The molecule has 2 amide bonds. The number of alkyl halides is 1. The third kappa shape index (κ3) is 4.75. The lowest BCUT2D eigenvalue weighted by atomic mass is 9.95. The number of halogens is 2. The second-order valence-corrected chi connectivity index (χ2v) is 9.40. The van der Waals surface area contributed by atoms with Crippen molar-refractivity contribution in [3.63, 3.8) is 0 Å². The second kappa shape index (κ2) is 10.2. The molecule has 2 saturated heterocycles. The normalized spacial score (nSPS) is 21.8. The molecule has 0 bridgehead atoms. The van der Waals surface area contributed by atoms with Crippen LogP contribution in [0, 0.1) is 5.82 Å². The molecule has 1 N–H and O–H groups in total. The van der Waals surface area contributed by atoms with Crippen molar-refractivity contribution in [2.24, 2.45) is 0 Å². The van der Waals surface area contributed by atoms with Crippen LogP contribution in [-0.2, 0) is 4.79 Å². The Morgan fingerprint density at radius 1 is 1.14 bits per heavy atom. The van der Waals surface area contributed by atoms with Gasteiger partial charge in [-0.3, -0.25) is 14.5 Å². The zero-order valence-corrected chi connectivity index (χ0v) is 20.1. The SMILES string of the molecule is C[C@@H](c1ccccc1-c1ccc(F)cc1)n1cncc1C(=O)N1CC[C@@H](N2CCNC(=O)C2)[C@@H](F)C1. The average molecular weight is 494 g/mol. The summed E-state index contributed by atoms with van der Waals surface area (Å²) in [6.07, 6.45) is 2.37. The Hall–Kier alpha value is -3.59. The molecule has 0 radical (unpaired) electrons. The number of nitrogens with one attached hydrogen (secondary N) is 1. The molecule has 3 atom stereocenters. The van der Waals surface area contributed by atoms with Gasteiger partial charge in [0.25, 0.3) is 5.91 Å². The monoisotopic (exact) mass is 493 g/mol. The van der Waals surface area contributed by atoms with Gasteiger partial charge in [-0.1, -0.05) is 36.4 Å². The number of nitrogens with zero attached hydrogens (tertiary/aromatic N) is 4. The fourth-order valence-corrected chi connectivity index (χ4v) is 5.27. The first-order chi connectivity index (χ1) is 17.4. The van der Waals surface area contributed by atoms with Crippen molar-refractivity contribution in [2.75, 3.05) is 32.7 Å². The fourth-order valence-electron chi connectivity index (χ4n) is 5.27. The predicted octanol–water partition coefficient (Wildman–Crippen LogP) is 3.28. The van der Waals surface area contributed by atoms with Crippen LogP contribution < -0.4 is 5.32 Å². The molecule has 0 unspecified atom stereocenters. The molecule has 0 aliphatic carbocycles. The third-order valence-corrected chi connectivity index (χ3v) is 7.20. The van der Waals surface area contributed by atoms with Gasteiger partial charge in [0.15, 0.2) is 0 Å². The van der Waals surface area contributed by atoms with Crippen molar-refractivity contribution in [2.45, 2.75) is 31.6 Å². The van der Waals surface area contributed by atoms with Crippen molar-refractivity contribution in [3.8, 4) is 11.1 Å². The van der Waals surface area contributed by atoms with Crippen molar-refractivity contribution >= 4 is 11.8 Å². The summed E-state index contributed by atoms with van der Waals surface area (Å²) in [6, 6.07) is 13.5. The van der Waals surface area contributed by atoms with E-state index in [0.717, 1.165) is 16.7 Å². The molecular formula is C27H29F2N5O2. The quantitative estimate of drug-likeness (QED) is 0.592. The van der Waals surface area contributed by atoms with Gasteiger partial charge in [-0.15, -0.1) is 0 Å². The minimum atomic E-state index is -1.23. The first-order valence-corrected chi connectivity index (χ1v) is 12.2. The molecule has 36 heavy (non-hydrogen) atoms.